The fourth-order valence-corrected chi connectivity index (χ4v) is 3.23. The van der Waals surface area contributed by atoms with Crippen molar-refractivity contribution >= 4 is 17.0 Å². The van der Waals surface area contributed by atoms with Crippen LogP contribution in [0.5, 0.6) is 0 Å². The summed E-state index contributed by atoms with van der Waals surface area (Å²) in [5, 5.41) is 0. The molecule has 116 valence electrons. The summed E-state index contributed by atoms with van der Waals surface area (Å²) in [7, 11) is 0. The van der Waals surface area contributed by atoms with Crippen LogP contribution in [0.4, 0.5) is 0 Å². The molecule has 3 aromatic rings. The largest absolute Gasteiger partial charge is 0.434 e. The molecule has 4 nitrogen and oxygen atoms in total. The summed E-state index contributed by atoms with van der Waals surface area (Å²) < 4.78 is 5.75. The molecule has 4 rings (SSSR count). The minimum Gasteiger partial charge on any atom is -0.434 e. The van der Waals surface area contributed by atoms with Gasteiger partial charge in [0.2, 0.25) is 5.89 Å². The van der Waals surface area contributed by atoms with E-state index < -0.39 is 0 Å². The van der Waals surface area contributed by atoms with Crippen LogP contribution in [0.3, 0.4) is 0 Å². The number of ketones is 1. The number of pyridine rings is 1. The number of aromatic nitrogens is 2. The molecule has 1 aliphatic carbocycles. The Morgan fingerprint density at radius 2 is 1.74 bits per heavy atom. The van der Waals surface area contributed by atoms with Gasteiger partial charge in [-0.05, 0) is 37.1 Å². The zero-order valence-electron chi connectivity index (χ0n) is 12.9. The summed E-state index contributed by atoms with van der Waals surface area (Å²) >= 11 is 0. The summed E-state index contributed by atoms with van der Waals surface area (Å²) in [5.41, 5.74) is 2.54. The minimum absolute atomic E-state index is 0.120. The van der Waals surface area contributed by atoms with E-state index in [1.165, 1.54) is 6.42 Å². The Bertz CT molecular complexity index is 833. The highest BCUT2D eigenvalue weighted by atomic mass is 16.3. The fraction of sp³-hybridized carbons (Fsp3) is 0.316. The van der Waals surface area contributed by atoms with Crippen molar-refractivity contribution in [1.29, 1.82) is 0 Å². The summed E-state index contributed by atoms with van der Waals surface area (Å²) in [6.07, 6.45) is 5.47. The van der Waals surface area contributed by atoms with Crippen molar-refractivity contribution in [2.75, 3.05) is 0 Å². The number of benzene rings is 1. The fourth-order valence-electron chi connectivity index (χ4n) is 3.23. The van der Waals surface area contributed by atoms with Crippen LogP contribution in [0.2, 0.25) is 0 Å². The third-order valence-electron chi connectivity index (χ3n) is 4.50. The van der Waals surface area contributed by atoms with E-state index in [9.17, 15) is 4.79 Å². The highest BCUT2D eigenvalue weighted by Gasteiger charge is 2.24. The second-order valence-electron chi connectivity index (χ2n) is 6.10. The zero-order valence-corrected chi connectivity index (χ0v) is 12.9. The minimum atomic E-state index is 0.120. The van der Waals surface area contributed by atoms with Crippen molar-refractivity contribution in [2.24, 2.45) is 5.92 Å². The second kappa shape index (κ2) is 5.95. The van der Waals surface area contributed by atoms with Crippen LogP contribution in [0.1, 0.15) is 42.6 Å². The van der Waals surface area contributed by atoms with Crippen LogP contribution in [0.15, 0.2) is 46.9 Å². The van der Waals surface area contributed by atoms with Crippen molar-refractivity contribution in [3.8, 4) is 11.5 Å². The van der Waals surface area contributed by atoms with Crippen molar-refractivity contribution < 1.29 is 9.21 Å². The molecule has 0 spiro atoms. The molecule has 0 radical (unpaired) electrons. The van der Waals surface area contributed by atoms with Gasteiger partial charge >= 0.3 is 0 Å². The molecule has 0 amide bonds. The lowest BCUT2D eigenvalue weighted by molar-refractivity contribution is 0.0884. The summed E-state index contributed by atoms with van der Waals surface area (Å²) in [5.74, 6) is 0.806. The number of carbonyl (C=O) groups excluding carboxylic acids is 1. The third-order valence-corrected chi connectivity index (χ3v) is 4.50. The predicted octanol–water partition coefficient (Wildman–Crippen LogP) is 4.65. The standard InChI is InChI=1S/C19H18N2O2/c22-17(13-7-3-1-4-8-13)15-11-12-16-18(20-15)21-19(23-16)14-9-5-2-6-10-14/h2,5-6,9-13H,1,3-4,7-8H2. The van der Waals surface area contributed by atoms with E-state index in [1.807, 2.05) is 30.3 Å². The summed E-state index contributed by atoms with van der Waals surface area (Å²) in [6.45, 7) is 0. The van der Waals surface area contributed by atoms with E-state index in [-0.39, 0.29) is 11.7 Å². The molecule has 1 aliphatic rings. The molecule has 1 aromatic carbocycles. The quantitative estimate of drug-likeness (QED) is 0.661. The lowest BCUT2D eigenvalue weighted by Gasteiger charge is -2.19. The number of carbonyl (C=O) groups is 1. The van der Waals surface area contributed by atoms with Crippen molar-refractivity contribution in [3.63, 3.8) is 0 Å². The average molecular weight is 306 g/mol. The molecule has 2 heterocycles. The van der Waals surface area contributed by atoms with Crippen LogP contribution in [0, 0.1) is 5.92 Å². The Hall–Kier alpha value is -2.49. The van der Waals surface area contributed by atoms with Crippen LogP contribution in [-0.2, 0) is 0 Å². The number of hydrogen-bond donors (Lipinski definition) is 0. The average Bonchev–Trinajstić information content (AvgIpc) is 3.06. The maximum atomic E-state index is 12.6. The number of fused-ring (bicyclic) bond motifs is 1. The number of Topliss-reactive ketones (excluding diaryl/α,β-unsaturated/α-hetero) is 1. The molecular weight excluding hydrogens is 288 g/mol. The van der Waals surface area contributed by atoms with Gasteiger partial charge in [-0.2, -0.15) is 4.98 Å². The zero-order chi connectivity index (χ0) is 15.6. The Morgan fingerprint density at radius 1 is 0.957 bits per heavy atom. The van der Waals surface area contributed by atoms with Crippen LogP contribution < -0.4 is 0 Å². The number of rotatable bonds is 3. The molecule has 4 heteroatoms. The van der Waals surface area contributed by atoms with Gasteiger partial charge in [0.1, 0.15) is 5.69 Å². The lowest BCUT2D eigenvalue weighted by atomic mass is 9.85. The van der Waals surface area contributed by atoms with Crippen LogP contribution >= 0.6 is 0 Å². The molecule has 1 fully saturated rings. The highest BCUT2D eigenvalue weighted by molar-refractivity contribution is 5.97. The highest BCUT2D eigenvalue weighted by Crippen LogP contribution is 2.28. The van der Waals surface area contributed by atoms with E-state index >= 15 is 0 Å². The van der Waals surface area contributed by atoms with Crippen molar-refractivity contribution in [2.45, 2.75) is 32.1 Å². The molecule has 0 N–H and O–H groups in total. The third kappa shape index (κ3) is 2.77. The van der Waals surface area contributed by atoms with Crippen LogP contribution in [-0.4, -0.2) is 15.8 Å². The number of nitrogens with zero attached hydrogens (tertiary/aromatic N) is 2. The second-order valence-corrected chi connectivity index (χ2v) is 6.10. The van der Waals surface area contributed by atoms with E-state index in [1.54, 1.807) is 12.1 Å². The molecule has 23 heavy (non-hydrogen) atoms. The van der Waals surface area contributed by atoms with Crippen molar-refractivity contribution in [1.82, 2.24) is 9.97 Å². The first-order chi connectivity index (χ1) is 11.3. The Labute approximate surface area is 134 Å². The van der Waals surface area contributed by atoms with Gasteiger partial charge in [-0.1, -0.05) is 37.5 Å². The molecule has 0 saturated heterocycles. The van der Waals surface area contributed by atoms with E-state index in [2.05, 4.69) is 9.97 Å². The molecule has 0 aliphatic heterocycles. The van der Waals surface area contributed by atoms with E-state index in [0.29, 0.717) is 22.8 Å². The summed E-state index contributed by atoms with van der Waals surface area (Å²) in [4.78, 5) is 21.5. The first-order valence-corrected chi connectivity index (χ1v) is 8.18. The monoisotopic (exact) mass is 306 g/mol. The molecule has 1 saturated carbocycles. The maximum Gasteiger partial charge on any atom is 0.228 e. The smallest absolute Gasteiger partial charge is 0.228 e. The molecule has 0 bridgehead atoms. The normalized spacial score (nSPS) is 15.8. The molecule has 0 unspecified atom stereocenters. The number of hydrogen-bond acceptors (Lipinski definition) is 4. The Morgan fingerprint density at radius 3 is 2.52 bits per heavy atom. The van der Waals surface area contributed by atoms with Crippen molar-refractivity contribution in [3.05, 3.63) is 48.2 Å². The SMILES string of the molecule is O=C(c1ccc2oc(-c3ccccc3)nc2n1)C1CCCCC1. The van der Waals surface area contributed by atoms with Crippen LogP contribution in [0.25, 0.3) is 22.7 Å². The molecule has 0 atom stereocenters. The first kappa shape index (κ1) is 14.1. The first-order valence-electron chi connectivity index (χ1n) is 8.18. The molecule has 2 aromatic heterocycles. The van der Waals surface area contributed by atoms with Gasteiger partial charge in [-0.3, -0.25) is 4.79 Å². The van der Waals surface area contributed by atoms with E-state index in [0.717, 1.165) is 31.2 Å². The van der Waals surface area contributed by atoms with Gasteiger partial charge in [0.15, 0.2) is 17.0 Å². The topological polar surface area (TPSA) is 56.0 Å². The van der Waals surface area contributed by atoms with Gasteiger partial charge < -0.3 is 4.42 Å². The van der Waals surface area contributed by atoms with Gasteiger partial charge in [-0.15, -0.1) is 0 Å². The summed E-state index contributed by atoms with van der Waals surface area (Å²) in [6, 6.07) is 13.3. The Balaban J connectivity index is 1.66. The number of oxazole rings is 1. The van der Waals surface area contributed by atoms with Gasteiger partial charge in [0.25, 0.3) is 0 Å². The lowest BCUT2D eigenvalue weighted by Crippen LogP contribution is -2.18. The molecular formula is C19H18N2O2. The van der Waals surface area contributed by atoms with Gasteiger partial charge in [0, 0.05) is 11.5 Å². The van der Waals surface area contributed by atoms with Gasteiger partial charge in [-0.25, -0.2) is 4.98 Å². The maximum absolute atomic E-state index is 12.6. The van der Waals surface area contributed by atoms with Gasteiger partial charge in [0.05, 0.1) is 0 Å². The van der Waals surface area contributed by atoms with E-state index in [4.69, 9.17) is 4.42 Å². The Kier molecular flexibility index (Phi) is 3.66. The predicted molar refractivity (Wildman–Crippen MR) is 88.1 cm³/mol.